The van der Waals surface area contributed by atoms with Crippen molar-refractivity contribution in [3.8, 4) is 5.75 Å². The Morgan fingerprint density at radius 3 is 2.60 bits per heavy atom. The monoisotopic (exact) mass is 229 g/mol. The van der Waals surface area contributed by atoms with Crippen LogP contribution in [0, 0.1) is 5.82 Å². The largest absolute Gasteiger partial charge is 0.506 e. The van der Waals surface area contributed by atoms with E-state index >= 15 is 0 Å². The van der Waals surface area contributed by atoms with Gasteiger partial charge in [-0.3, -0.25) is 0 Å². The van der Waals surface area contributed by atoms with E-state index in [1.807, 2.05) is 0 Å². The summed E-state index contributed by atoms with van der Waals surface area (Å²) in [6.45, 7) is 0.422. The molecule has 0 radical (unpaired) electrons. The van der Waals surface area contributed by atoms with Crippen LogP contribution in [0.2, 0.25) is 5.02 Å². The van der Waals surface area contributed by atoms with Gasteiger partial charge in [0.15, 0.2) is 0 Å². The summed E-state index contributed by atoms with van der Waals surface area (Å²) in [6, 6.07) is 3.01. The fraction of sp³-hybridized carbons (Fsp3) is 0.455. The fourth-order valence-corrected chi connectivity index (χ4v) is 2.30. The van der Waals surface area contributed by atoms with Crippen molar-refractivity contribution in [2.75, 3.05) is 6.54 Å². The third-order valence-electron chi connectivity index (χ3n) is 3.33. The molecule has 0 spiro atoms. The number of aromatic hydroxyl groups is 1. The van der Waals surface area contributed by atoms with E-state index < -0.39 is 5.82 Å². The molecule has 82 valence electrons. The molecule has 0 bridgehead atoms. The zero-order valence-electron chi connectivity index (χ0n) is 8.26. The van der Waals surface area contributed by atoms with Gasteiger partial charge >= 0.3 is 0 Å². The van der Waals surface area contributed by atoms with Gasteiger partial charge in [-0.15, -0.1) is 0 Å². The maximum absolute atomic E-state index is 13.8. The third kappa shape index (κ3) is 1.50. The zero-order valence-corrected chi connectivity index (χ0v) is 9.02. The smallest absolute Gasteiger partial charge is 0.149 e. The second kappa shape index (κ2) is 3.65. The molecule has 1 saturated carbocycles. The number of phenolic OH excluding ortho intramolecular Hbond substituents is 1. The predicted molar refractivity (Wildman–Crippen MR) is 57.7 cm³/mol. The lowest BCUT2D eigenvalue weighted by Crippen LogP contribution is -2.42. The summed E-state index contributed by atoms with van der Waals surface area (Å²) >= 11 is 5.66. The van der Waals surface area contributed by atoms with Gasteiger partial charge in [-0.1, -0.05) is 24.1 Å². The van der Waals surface area contributed by atoms with E-state index in [1.54, 1.807) is 6.07 Å². The molecule has 3 N–H and O–H groups in total. The van der Waals surface area contributed by atoms with E-state index in [4.69, 9.17) is 17.3 Å². The summed E-state index contributed by atoms with van der Waals surface area (Å²) in [6.07, 6.45) is 2.85. The van der Waals surface area contributed by atoms with Gasteiger partial charge in [0.1, 0.15) is 16.6 Å². The van der Waals surface area contributed by atoms with Crippen LogP contribution >= 0.6 is 11.6 Å². The molecule has 2 rings (SSSR count). The first-order valence-corrected chi connectivity index (χ1v) is 5.36. The highest BCUT2D eigenvalue weighted by Crippen LogP contribution is 2.45. The molecule has 15 heavy (non-hydrogen) atoms. The van der Waals surface area contributed by atoms with Crippen molar-refractivity contribution >= 4 is 11.6 Å². The third-order valence-corrected chi connectivity index (χ3v) is 3.69. The molecule has 0 unspecified atom stereocenters. The normalized spacial score (nSPS) is 18.6. The fourth-order valence-electron chi connectivity index (χ4n) is 2.14. The SMILES string of the molecule is NCC1(c2ccc(O)c(Cl)c2F)CCC1. The van der Waals surface area contributed by atoms with Crippen LogP contribution in [-0.2, 0) is 5.41 Å². The van der Waals surface area contributed by atoms with Gasteiger partial charge in [0.05, 0.1) is 0 Å². The Morgan fingerprint density at radius 1 is 1.47 bits per heavy atom. The van der Waals surface area contributed by atoms with Crippen molar-refractivity contribution in [1.82, 2.24) is 0 Å². The average molecular weight is 230 g/mol. The molecule has 0 heterocycles. The summed E-state index contributed by atoms with van der Waals surface area (Å²) in [7, 11) is 0. The number of halogens is 2. The number of hydrogen-bond donors (Lipinski definition) is 2. The van der Waals surface area contributed by atoms with E-state index in [0.717, 1.165) is 19.3 Å². The summed E-state index contributed by atoms with van der Waals surface area (Å²) in [5.74, 6) is -0.744. The number of benzene rings is 1. The van der Waals surface area contributed by atoms with Crippen LogP contribution in [0.1, 0.15) is 24.8 Å². The van der Waals surface area contributed by atoms with E-state index in [9.17, 15) is 9.50 Å². The van der Waals surface area contributed by atoms with Crippen LogP contribution in [-0.4, -0.2) is 11.7 Å². The van der Waals surface area contributed by atoms with E-state index in [1.165, 1.54) is 6.07 Å². The van der Waals surface area contributed by atoms with Crippen LogP contribution in [0.25, 0.3) is 0 Å². The zero-order chi connectivity index (χ0) is 11.1. The number of nitrogens with two attached hydrogens (primary N) is 1. The highest BCUT2D eigenvalue weighted by Gasteiger charge is 2.40. The highest BCUT2D eigenvalue weighted by atomic mass is 35.5. The van der Waals surface area contributed by atoms with Crippen LogP contribution in [0.4, 0.5) is 4.39 Å². The Hall–Kier alpha value is -0.800. The minimum atomic E-state index is -0.526. The average Bonchev–Trinajstić information content (AvgIpc) is 2.17. The first-order valence-electron chi connectivity index (χ1n) is 4.98. The molecule has 0 aromatic heterocycles. The number of hydrogen-bond acceptors (Lipinski definition) is 2. The van der Waals surface area contributed by atoms with Crippen molar-refractivity contribution < 1.29 is 9.50 Å². The maximum atomic E-state index is 13.8. The summed E-state index contributed by atoms with van der Waals surface area (Å²) < 4.78 is 13.8. The number of rotatable bonds is 2. The Balaban J connectivity index is 2.49. The van der Waals surface area contributed by atoms with Gasteiger partial charge in [-0.25, -0.2) is 4.39 Å². The van der Waals surface area contributed by atoms with Crippen LogP contribution in [0.5, 0.6) is 5.75 Å². The lowest BCUT2D eigenvalue weighted by Gasteiger charge is -2.41. The van der Waals surface area contributed by atoms with Gasteiger partial charge < -0.3 is 10.8 Å². The van der Waals surface area contributed by atoms with Gasteiger partial charge in [-0.05, 0) is 24.5 Å². The molecule has 0 saturated heterocycles. The molecule has 2 nitrogen and oxygen atoms in total. The molecule has 1 aliphatic carbocycles. The van der Waals surface area contributed by atoms with Gasteiger partial charge in [0.25, 0.3) is 0 Å². The highest BCUT2D eigenvalue weighted by molar-refractivity contribution is 6.32. The van der Waals surface area contributed by atoms with E-state index in [2.05, 4.69) is 0 Å². The standard InChI is InChI=1S/C11H13ClFNO/c12-9-8(15)3-2-7(10(9)13)11(6-14)4-1-5-11/h2-3,15H,1,4-6,14H2. The Labute approximate surface area is 92.9 Å². The molecule has 1 aliphatic rings. The molecule has 0 amide bonds. The first-order chi connectivity index (χ1) is 7.10. The van der Waals surface area contributed by atoms with Crippen molar-refractivity contribution in [3.63, 3.8) is 0 Å². The minimum Gasteiger partial charge on any atom is -0.506 e. The van der Waals surface area contributed by atoms with Crippen molar-refractivity contribution in [2.24, 2.45) is 5.73 Å². The topological polar surface area (TPSA) is 46.2 Å². The Kier molecular flexibility index (Phi) is 2.61. The molecular formula is C11H13ClFNO. The van der Waals surface area contributed by atoms with E-state index in [-0.39, 0.29) is 16.2 Å². The molecule has 0 aliphatic heterocycles. The second-order valence-corrected chi connectivity index (χ2v) is 4.48. The lowest BCUT2D eigenvalue weighted by molar-refractivity contribution is 0.244. The first kappa shape index (κ1) is 10.7. The summed E-state index contributed by atoms with van der Waals surface area (Å²) in [5, 5.41) is 9.05. The molecule has 1 aromatic carbocycles. The summed E-state index contributed by atoms with van der Waals surface area (Å²) in [5.41, 5.74) is 5.96. The van der Waals surface area contributed by atoms with Gasteiger partial charge in [0.2, 0.25) is 0 Å². The van der Waals surface area contributed by atoms with Gasteiger partial charge in [0, 0.05) is 12.0 Å². The second-order valence-electron chi connectivity index (χ2n) is 4.10. The van der Waals surface area contributed by atoms with Crippen molar-refractivity contribution in [3.05, 3.63) is 28.5 Å². The lowest BCUT2D eigenvalue weighted by atomic mass is 9.64. The Morgan fingerprint density at radius 2 is 2.13 bits per heavy atom. The molecule has 4 heteroatoms. The molecule has 1 aromatic rings. The summed E-state index contributed by atoms with van der Waals surface area (Å²) in [4.78, 5) is 0. The molecular weight excluding hydrogens is 217 g/mol. The van der Waals surface area contributed by atoms with Crippen LogP contribution in [0.3, 0.4) is 0 Å². The van der Waals surface area contributed by atoms with Gasteiger partial charge in [-0.2, -0.15) is 0 Å². The number of phenols is 1. The van der Waals surface area contributed by atoms with Crippen molar-refractivity contribution in [2.45, 2.75) is 24.7 Å². The molecule has 1 fully saturated rings. The quantitative estimate of drug-likeness (QED) is 0.819. The van der Waals surface area contributed by atoms with Crippen LogP contribution < -0.4 is 5.73 Å². The molecule has 0 atom stereocenters. The van der Waals surface area contributed by atoms with E-state index in [0.29, 0.717) is 12.1 Å². The Bertz CT molecular complexity index is 385. The van der Waals surface area contributed by atoms with Crippen molar-refractivity contribution in [1.29, 1.82) is 0 Å². The maximum Gasteiger partial charge on any atom is 0.149 e. The van der Waals surface area contributed by atoms with Crippen LogP contribution in [0.15, 0.2) is 12.1 Å². The predicted octanol–water partition coefficient (Wildman–Crippen LogP) is 2.57. The minimum absolute atomic E-state index is 0.202.